The summed E-state index contributed by atoms with van der Waals surface area (Å²) < 4.78 is 18.2. The van der Waals surface area contributed by atoms with Gasteiger partial charge in [0.1, 0.15) is 5.82 Å². The van der Waals surface area contributed by atoms with Gasteiger partial charge < -0.3 is 10.5 Å². The number of nitrogens with zero attached hydrogens (tertiary/aromatic N) is 1. The fourth-order valence-electron chi connectivity index (χ4n) is 1.25. The van der Waals surface area contributed by atoms with E-state index in [9.17, 15) is 9.18 Å². The van der Waals surface area contributed by atoms with E-state index in [2.05, 4.69) is 20.9 Å². The van der Waals surface area contributed by atoms with Crippen molar-refractivity contribution in [2.24, 2.45) is 10.7 Å². The molecule has 6 heteroatoms. The van der Waals surface area contributed by atoms with Crippen LogP contribution in [0.3, 0.4) is 0 Å². The Bertz CT molecular complexity index is 461. The summed E-state index contributed by atoms with van der Waals surface area (Å²) in [5, 5.41) is 0. The monoisotopic (exact) mass is 272 g/mol. The van der Waals surface area contributed by atoms with Crippen LogP contribution in [0.25, 0.3) is 0 Å². The molecular formula is C9H6BrFN2O2. The molecule has 0 saturated carbocycles. The molecule has 0 aromatic heterocycles. The van der Waals surface area contributed by atoms with Gasteiger partial charge in [-0.25, -0.2) is 4.39 Å². The molecule has 1 unspecified atom stereocenters. The van der Waals surface area contributed by atoms with Crippen LogP contribution in [0.5, 0.6) is 0 Å². The van der Waals surface area contributed by atoms with E-state index in [-0.39, 0.29) is 10.5 Å². The second-order valence-corrected chi connectivity index (χ2v) is 3.81. The topological polar surface area (TPSA) is 64.7 Å². The van der Waals surface area contributed by atoms with E-state index in [1.165, 1.54) is 18.2 Å². The number of amidine groups is 1. The van der Waals surface area contributed by atoms with E-state index < -0.39 is 17.8 Å². The standard InChI is InChI=1S/C9H6BrFN2O2/c10-5-3-4(1-2-6(5)11)7-8(14)13-9(12)15-7/h1-3,7H,(H2,12,13,14). The van der Waals surface area contributed by atoms with E-state index in [0.29, 0.717) is 5.56 Å². The summed E-state index contributed by atoms with van der Waals surface area (Å²) in [6.07, 6.45) is -0.859. The van der Waals surface area contributed by atoms with Gasteiger partial charge in [-0.2, -0.15) is 4.99 Å². The molecule has 1 atom stereocenters. The second kappa shape index (κ2) is 3.62. The Morgan fingerprint density at radius 1 is 1.53 bits per heavy atom. The molecule has 1 aliphatic heterocycles. The smallest absolute Gasteiger partial charge is 0.296 e. The number of hydrogen-bond donors (Lipinski definition) is 1. The molecule has 78 valence electrons. The zero-order valence-electron chi connectivity index (χ0n) is 7.41. The molecule has 0 bridgehead atoms. The SMILES string of the molecule is NC1=NC(=O)C(c2ccc(F)c(Br)c2)O1. The molecule has 2 rings (SSSR count). The molecular weight excluding hydrogens is 267 g/mol. The van der Waals surface area contributed by atoms with Crippen molar-refractivity contribution in [1.82, 2.24) is 0 Å². The summed E-state index contributed by atoms with van der Waals surface area (Å²) >= 11 is 3.02. The first-order chi connectivity index (χ1) is 7.08. The summed E-state index contributed by atoms with van der Waals surface area (Å²) in [7, 11) is 0. The van der Waals surface area contributed by atoms with Crippen LogP contribution < -0.4 is 5.73 Å². The molecule has 0 spiro atoms. The third-order valence-electron chi connectivity index (χ3n) is 1.93. The lowest BCUT2D eigenvalue weighted by atomic mass is 10.1. The van der Waals surface area contributed by atoms with E-state index in [0.717, 1.165) is 0 Å². The van der Waals surface area contributed by atoms with Gasteiger partial charge in [-0.3, -0.25) is 4.79 Å². The van der Waals surface area contributed by atoms with Gasteiger partial charge in [0.2, 0.25) is 6.10 Å². The van der Waals surface area contributed by atoms with Crippen LogP contribution in [0, 0.1) is 5.82 Å². The maximum absolute atomic E-state index is 12.9. The van der Waals surface area contributed by atoms with Gasteiger partial charge in [0.25, 0.3) is 11.9 Å². The first kappa shape index (κ1) is 10.1. The minimum atomic E-state index is -0.859. The molecule has 1 aromatic rings. The van der Waals surface area contributed by atoms with Gasteiger partial charge in [0.15, 0.2) is 0 Å². The van der Waals surface area contributed by atoms with Crippen molar-refractivity contribution in [3.8, 4) is 0 Å². The minimum absolute atomic E-state index is 0.162. The highest BCUT2D eigenvalue weighted by atomic mass is 79.9. The summed E-state index contributed by atoms with van der Waals surface area (Å²) in [6.45, 7) is 0. The average Bonchev–Trinajstić information content (AvgIpc) is 2.50. The number of ether oxygens (including phenoxy) is 1. The Balaban J connectivity index is 2.32. The molecule has 1 aliphatic rings. The molecule has 2 N–H and O–H groups in total. The highest BCUT2D eigenvalue weighted by Gasteiger charge is 2.29. The lowest BCUT2D eigenvalue weighted by molar-refractivity contribution is -0.122. The number of hydrogen-bond acceptors (Lipinski definition) is 3. The lowest BCUT2D eigenvalue weighted by Gasteiger charge is -2.08. The molecule has 0 aliphatic carbocycles. The van der Waals surface area contributed by atoms with Gasteiger partial charge in [0, 0.05) is 5.56 Å². The number of amides is 1. The van der Waals surface area contributed by atoms with E-state index >= 15 is 0 Å². The van der Waals surface area contributed by atoms with Gasteiger partial charge in [-0.05, 0) is 28.1 Å². The molecule has 1 heterocycles. The molecule has 1 aromatic carbocycles. The van der Waals surface area contributed by atoms with Crippen molar-refractivity contribution >= 4 is 27.9 Å². The number of carbonyl (C=O) groups is 1. The molecule has 1 amide bonds. The Labute approximate surface area is 93.1 Å². The van der Waals surface area contributed by atoms with Crippen molar-refractivity contribution in [2.45, 2.75) is 6.10 Å². The van der Waals surface area contributed by atoms with Crippen LogP contribution in [0.2, 0.25) is 0 Å². The van der Waals surface area contributed by atoms with Gasteiger partial charge >= 0.3 is 0 Å². The maximum Gasteiger partial charge on any atom is 0.296 e. The number of nitrogens with two attached hydrogens (primary N) is 1. The van der Waals surface area contributed by atoms with E-state index in [1.54, 1.807) is 0 Å². The third kappa shape index (κ3) is 1.85. The summed E-state index contributed by atoms with van der Waals surface area (Å²) in [4.78, 5) is 14.7. The molecule has 0 fully saturated rings. The molecule has 0 saturated heterocycles. The normalized spacial score (nSPS) is 20.0. The van der Waals surface area contributed by atoms with Crippen LogP contribution in [-0.4, -0.2) is 11.9 Å². The summed E-state index contributed by atoms with van der Waals surface area (Å²) in [6, 6.07) is 4.00. The maximum atomic E-state index is 12.9. The van der Waals surface area contributed by atoms with Crippen LogP contribution in [-0.2, 0) is 9.53 Å². The largest absolute Gasteiger partial charge is 0.447 e. The van der Waals surface area contributed by atoms with Gasteiger partial charge in [-0.15, -0.1) is 0 Å². The Hall–Kier alpha value is -1.43. The highest BCUT2D eigenvalue weighted by molar-refractivity contribution is 9.10. The Kier molecular flexibility index (Phi) is 2.44. The van der Waals surface area contributed by atoms with Crippen molar-refractivity contribution in [1.29, 1.82) is 0 Å². The average molecular weight is 273 g/mol. The lowest BCUT2D eigenvalue weighted by Crippen LogP contribution is -2.14. The highest BCUT2D eigenvalue weighted by Crippen LogP contribution is 2.26. The fourth-order valence-corrected chi connectivity index (χ4v) is 1.65. The zero-order chi connectivity index (χ0) is 11.0. The third-order valence-corrected chi connectivity index (χ3v) is 2.54. The van der Waals surface area contributed by atoms with Crippen molar-refractivity contribution in [3.63, 3.8) is 0 Å². The molecule has 15 heavy (non-hydrogen) atoms. The number of benzene rings is 1. The number of aliphatic imine (C=N–C) groups is 1. The molecule has 0 radical (unpaired) electrons. The van der Waals surface area contributed by atoms with Crippen molar-refractivity contribution < 1.29 is 13.9 Å². The summed E-state index contributed by atoms with van der Waals surface area (Å²) in [5.74, 6) is -0.885. The second-order valence-electron chi connectivity index (χ2n) is 2.96. The number of halogens is 2. The number of rotatable bonds is 1. The minimum Gasteiger partial charge on any atom is -0.447 e. The predicted octanol–water partition coefficient (Wildman–Crippen LogP) is 1.50. The molecule has 4 nitrogen and oxygen atoms in total. The number of carbonyl (C=O) groups excluding carboxylic acids is 1. The Morgan fingerprint density at radius 3 is 2.80 bits per heavy atom. The van der Waals surface area contributed by atoms with Gasteiger partial charge in [-0.1, -0.05) is 6.07 Å². The zero-order valence-corrected chi connectivity index (χ0v) is 8.99. The van der Waals surface area contributed by atoms with Crippen molar-refractivity contribution in [2.75, 3.05) is 0 Å². The quantitative estimate of drug-likeness (QED) is 0.843. The van der Waals surface area contributed by atoms with Crippen LogP contribution in [0.4, 0.5) is 4.39 Å². The van der Waals surface area contributed by atoms with E-state index in [1.807, 2.05) is 0 Å². The fraction of sp³-hybridized carbons (Fsp3) is 0.111. The van der Waals surface area contributed by atoms with Gasteiger partial charge in [0.05, 0.1) is 4.47 Å². The first-order valence-electron chi connectivity index (χ1n) is 4.07. The van der Waals surface area contributed by atoms with Crippen LogP contribution in [0.15, 0.2) is 27.7 Å². The predicted molar refractivity (Wildman–Crippen MR) is 54.6 cm³/mol. The van der Waals surface area contributed by atoms with E-state index in [4.69, 9.17) is 10.5 Å². The van der Waals surface area contributed by atoms with Crippen LogP contribution in [0.1, 0.15) is 11.7 Å². The Morgan fingerprint density at radius 2 is 2.27 bits per heavy atom. The van der Waals surface area contributed by atoms with Crippen LogP contribution >= 0.6 is 15.9 Å². The first-order valence-corrected chi connectivity index (χ1v) is 4.87. The van der Waals surface area contributed by atoms with Crippen molar-refractivity contribution in [3.05, 3.63) is 34.1 Å². The summed E-state index contributed by atoms with van der Waals surface area (Å²) in [5.41, 5.74) is 5.75.